The van der Waals surface area contributed by atoms with Crippen molar-refractivity contribution >= 4 is 40.6 Å². The Labute approximate surface area is 270 Å². The van der Waals surface area contributed by atoms with E-state index in [1.165, 1.54) is 12.1 Å². The highest BCUT2D eigenvalue weighted by atomic mass is 16.4. The summed E-state index contributed by atoms with van der Waals surface area (Å²) in [7, 11) is 0. The number of carbonyl (C=O) groups excluding carboxylic acids is 3. The smallest absolute Gasteiger partial charge is 0.326 e. The molecule has 246 valence electrons. The highest BCUT2D eigenvalue weighted by molar-refractivity contribution is 5.95. The molecule has 4 unspecified atom stereocenters. The largest absolute Gasteiger partial charge is 0.508 e. The molecule has 0 bridgehead atoms. The number of carboxylic acids is 2. The predicted molar refractivity (Wildman–Crippen MR) is 172 cm³/mol. The zero-order valence-electron chi connectivity index (χ0n) is 25.4. The molecule has 4 atom stereocenters. The van der Waals surface area contributed by atoms with Crippen molar-refractivity contribution in [1.82, 2.24) is 20.9 Å². The maximum atomic E-state index is 13.9. The number of phenols is 1. The molecule has 3 amide bonds. The average molecular weight is 644 g/mol. The fraction of sp³-hybridized carbons (Fsp3) is 0.265. The monoisotopic (exact) mass is 643 g/mol. The molecular weight excluding hydrogens is 606 g/mol. The number of aromatic hydroxyl groups is 1. The molecule has 13 nitrogen and oxygen atoms in total. The zero-order chi connectivity index (χ0) is 33.9. The lowest BCUT2D eigenvalue weighted by Crippen LogP contribution is -2.58. The van der Waals surface area contributed by atoms with Crippen LogP contribution in [0.15, 0.2) is 85.1 Å². The van der Waals surface area contributed by atoms with Crippen LogP contribution in [0.4, 0.5) is 0 Å². The van der Waals surface area contributed by atoms with Crippen molar-refractivity contribution in [2.75, 3.05) is 0 Å². The van der Waals surface area contributed by atoms with Gasteiger partial charge in [-0.05, 0) is 47.7 Å². The summed E-state index contributed by atoms with van der Waals surface area (Å²) in [6.07, 6.45) is 0.968. The molecule has 0 aliphatic heterocycles. The number of H-pyrrole nitrogens is 1. The molecule has 1 heterocycles. The van der Waals surface area contributed by atoms with E-state index < -0.39 is 60.2 Å². The summed E-state index contributed by atoms with van der Waals surface area (Å²) in [6, 6.07) is 17.4. The predicted octanol–water partition coefficient (Wildman–Crippen LogP) is 1.63. The van der Waals surface area contributed by atoms with Crippen molar-refractivity contribution in [3.8, 4) is 5.75 Å². The third-order valence-electron chi connectivity index (χ3n) is 7.64. The molecule has 13 heteroatoms. The van der Waals surface area contributed by atoms with Crippen molar-refractivity contribution in [2.24, 2.45) is 5.73 Å². The zero-order valence-corrected chi connectivity index (χ0v) is 25.4. The Kier molecular flexibility index (Phi) is 11.7. The van der Waals surface area contributed by atoms with Crippen molar-refractivity contribution in [3.05, 3.63) is 102 Å². The number of benzene rings is 3. The van der Waals surface area contributed by atoms with Crippen LogP contribution >= 0.6 is 0 Å². The summed E-state index contributed by atoms with van der Waals surface area (Å²) >= 11 is 0. The summed E-state index contributed by atoms with van der Waals surface area (Å²) in [5, 5.41) is 36.8. The second-order valence-corrected chi connectivity index (χ2v) is 11.2. The van der Waals surface area contributed by atoms with E-state index in [2.05, 4.69) is 20.9 Å². The molecule has 0 aliphatic rings. The van der Waals surface area contributed by atoms with E-state index in [0.717, 1.165) is 16.5 Å². The van der Waals surface area contributed by atoms with E-state index in [0.29, 0.717) is 11.1 Å². The normalized spacial score (nSPS) is 13.6. The molecule has 0 spiro atoms. The molecule has 47 heavy (non-hydrogen) atoms. The van der Waals surface area contributed by atoms with E-state index >= 15 is 0 Å². The van der Waals surface area contributed by atoms with Gasteiger partial charge < -0.3 is 42.0 Å². The van der Waals surface area contributed by atoms with Gasteiger partial charge in [0.2, 0.25) is 17.7 Å². The Morgan fingerprint density at radius 2 is 1.26 bits per heavy atom. The lowest BCUT2D eigenvalue weighted by Gasteiger charge is -2.25. The van der Waals surface area contributed by atoms with Crippen LogP contribution in [0, 0.1) is 0 Å². The Morgan fingerprint density at radius 1 is 0.681 bits per heavy atom. The third kappa shape index (κ3) is 9.90. The van der Waals surface area contributed by atoms with Crippen molar-refractivity contribution < 1.29 is 39.3 Å². The van der Waals surface area contributed by atoms with Gasteiger partial charge in [-0.15, -0.1) is 0 Å². The van der Waals surface area contributed by atoms with Gasteiger partial charge in [-0.1, -0.05) is 60.7 Å². The first-order valence-electron chi connectivity index (χ1n) is 15.0. The minimum Gasteiger partial charge on any atom is -0.508 e. The number of phenolic OH excluding ortho intramolecular Hbond substituents is 1. The van der Waals surface area contributed by atoms with Gasteiger partial charge in [-0.3, -0.25) is 19.2 Å². The standard InChI is InChI=1S/C34H37N5O8/c35-25(16-21-10-12-23(40)13-11-21)31(43)38-28(17-20-6-2-1-3-7-20)32(44)39-29(18-22-19-36-26-9-5-4-8-24(22)26)33(45)37-27(34(46)47)14-15-30(41)42/h1-13,19,25,27-29,36,40H,14-18,35H2,(H,37,45)(H,38,43)(H,39,44)(H,41,42)(H,46,47). The summed E-state index contributed by atoms with van der Waals surface area (Å²) in [5.74, 6) is -4.75. The van der Waals surface area contributed by atoms with Gasteiger partial charge in [-0.2, -0.15) is 0 Å². The minimum atomic E-state index is -1.52. The number of aromatic amines is 1. The van der Waals surface area contributed by atoms with Gasteiger partial charge in [0.25, 0.3) is 0 Å². The van der Waals surface area contributed by atoms with E-state index in [1.807, 2.05) is 24.3 Å². The number of para-hydroxylation sites is 1. The fourth-order valence-electron chi connectivity index (χ4n) is 5.12. The summed E-state index contributed by atoms with van der Waals surface area (Å²) in [6.45, 7) is 0. The number of rotatable bonds is 16. The molecule has 4 rings (SSSR count). The van der Waals surface area contributed by atoms with Gasteiger partial charge in [-0.25, -0.2) is 4.79 Å². The van der Waals surface area contributed by atoms with Gasteiger partial charge >= 0.3 is 11.9 Å². The quantitative estimate of drug-likeness (QED) is 0.0887. The van der Waals surface area contributed by atoms with E-state index in [-0.39, 0.29) is 31.4 Å². The molecule has 0 aliphatic carbocycles. The number of nitrogens with two attached hydrogens (primary N) is 1. The molecule has 0 saturated carbocycles. The molecule has 0 saturated heterocycles. The Morgan fingerprint density at radius 3 is 1.91 bits per heavy atom. The van der Waals surface area contributed by atoms with Crippen molar-refractivity contribution in [3.63, 3.8) is 0 Å². The van der Waals surface area contributed by atoms with Crippen molar-refractivity contribution in [2.45, 2.75) is 56.3 Å². The van der Waals surface area contributed by atoms with Crippen LogP contribution in [0.5, 0.6) is 5.75 Å². The molecule has 3 aromatic carbocycles. The molecule has 1 aromatic heterocycles. The van der Waals surface area contributed by atoms with Crippen LogP contribution in [-0.4, -0.2) is 74.1 Å². The topological polar surface area (TPSA) is 224 Å². The highest BCUT2D eigenvalue weighted by Gasteiger charge is 2.31. The Bertz CT molecular complexity index is 1710. The summed E-state index contributed by atoms with van der Waals surface area (Å²) in [4.78, 5) is 66.7. The van der Waals surface area contributed by atoms with Crippen molar-refractivity contribution in [1.29, 1.82) is 0 Å². The number of hydrogen-bond acceptors (Lipinski definition) is 7. The maximum Gasteiger partial charge on any atom is 0.326 e. The van der Waals surface area contributed by atoms with E-state index in [9.17, 15) is 34.2 Å². The lowest BCUT2D eigenvalue weighted by atomic mass is 10.0. The van der Waals surface area contributed by atoms with Crippen LogP contribution in [0.1, 0.15) is 29.5 Å². The second-order valence-electron chi connectivity index (χ2n) is 11.2. The number of nitrogens with one attached hydrogen (secondary N) is 4. The SMILES string of the molecule is NC(Cc1ccc(O)cc1)C(=O)NC(Cc1ccccc1)C(=O)NC(Cc1c[nH]c2ccccc12)C(=O)NC(CCC(=O)O)C(=O)O. The van der Waals surface area contributed by atoms with Gasteiger partial charge in [0.15, 0.2) is 0 Å². The number of carboxylic acid groups (broad SMARTS) is 2. The Balaban J connectivity index is 1.58. The summed E-state index contributed by atoms with van der Waals surface area (Å²) in [5.41, 5.74) is 9.05. The fourth-order valence-corrected chi connectivity index (χ4v) is 5.12. The highest BCUT2D eigenvalue weighted by Crippen LogP contribution is 2.20. The van der Waals surface area contributed by atoms with Gasteiger partial charge in [0, 0.05) is 36.4 Å². The number of aromatic nitrogens is 1. The lowest BCUT2D eigenvalue weighted by molar-refractivity contribution is -0.143. The number of carbonyl (C=O) groups is 5. The first-order valence-corrected chi connectivity index (χ1v) is 15.0. The number of amides is 3. The summed E-state index contributed by atoms with van der Waals surface area (Å²) < 4.78 is 0. The van der Waals surface area contributed by atoms with Crippen LogP contribution in [0.3, 0.4) is 0 Å². The number of hydrogen-bond donors (Lipinski definition) is 8. The second kappa shape index (κ2) is 16.0. The van der Waals surface area contributed by atoms with Gasteiger partial charge in [0.1, 0.15) is 23.9 Å². The molecule has 9 N–H and O–H groups in total. The average Bonchev–Trinajstić information content (AvgIpc) is 3.46. The molecule has 4 aromatic rings. The first-order chi connectivity index (χ1) is 22.5. The van der Waals surface area contributed by atoms with Crippen LogP contribution in [0.25, 0.3) is 10.9 Å². The molecule has 0 fully saturated rings. The van der Waals surface area contributed by atoms with E-state index in [1.54, 1.807) is 48.7 Å². The Hall–Kier alpha value is -5.69. The number of aliphatic carboxylic acids is 2. The third-order valence-corrected chi connectivity index (χ3v) is 7.64. The molecule has 0 radical (unpaired) electrons. The van der Waals surface area contributed by atoms with Crippen LogP contribution in [-0.2, 0) is 43.2 Å². The molecular formula is C34H37N5O8. The number of fused-ring (bicyclic) bond motifs is 1. The van der Waals surface area contributed by atoms with E-state index in [4.69, 9.17) is 10.8 Å². The first kappa shape index (κ1) is 34.2. The maximum absolute atomic E-state index is 13.9. The van der Waals surface area contributed by atoms with Crippen LogP contribution in [0.2, 0.25) is 0 Å². The minimum absolute atomic E-state index is 0.0424. The van der Waals surface area contributed by atoms with Gasteiger partial charge in [0.05, 0.1) is 6.04 Å². The van der Waals surface area contributed by atoms with Crippen LogP contribution < -0.4 is 21.7 Å².